The third-order valence-corrected chi connectivity index (χ3v) is 3.17. The molecule has 0 aromatic carbocycles. The summed E-state index contributed by atoms with van der Waals surface area (Å²) in [5, 5.41) is 29.7. The maximum atomic E-state index is 9.01. The summed E-state index contributed by atoms with van der Waals surface area (Å²) in [6.07, 6.45) is 3.94. The predicted octanol–water partition coefficient (Wildman–Crippen LogP) is 1.30. The first-order valence-corrected chi connectivity index (χ1v) is 6.05. The van der Waals surface area contributed by atoms with E-state index < -0.39 is 5.54 Å². The lowest BCUT2D eigenvalue weighted by atomic mass is 9.97. The first-order chi connectivity index (χ1) is 9.10. The van der Waals surface area contributed by atoms with Gasteiger partial charge in [0.05, 0.1) is 12.4 Å². The second-order valence-corrected chi connectivity index (χ2v) is 4.51. The fourth-order valence-corrected chi connectivity index (χ4v) is 1.75. The number of unbranched alkanes of at least 4 members (excludes halogenated alkanes) is 1. The highest BCUT2D eigenvalue weighted by Crippen LogP contribution is 2.13. The number of nitrogens with one attached hydrogen (secondary N) is 1. The summed E-state index contributed by atoms with van der Waals surface area (Å²) in [5.41, 5.74) is -0.0381. The van der Waals surface area contributed by atoms with Gasteiger partial charge in [-0.1, -0.05) is 0 Å². The van der Waals surface area contributed by atoms with E-state index >= 15 is 0 Å². The molecule has 1 rings (SSSR count). The smallest absolute Gasteiger partial charge is 0.176 e. The Kier molecular flexibility index (Phi) is 5.06. The molecule has 0 aliphatic rings. The first kappa shape index (κ1) is 14.7. The number of imidazole rings is 1. The maximum Gasteiger partial charge on any atom is 0.176 e. The highest BCUT2D eigenvalue weighted by atomic mass is 15.1. The summed E-state index contributed by atoms with van der Waals surface area (Å²) in [5.74, 6) is 0. The number of aryl methyl sites for hydroxylation is 1. The number of hydrogen-bond acceptors (Lipinski definition) is 5. The Labute approximate surface area is 112 Å². The van der Waals surface area contributed by atoms with Crippen LogP contribution in [0.25, 0.3) is 0 Å². The minimum Gasteiger partial charge on any atom is -0.321 e. The third-order valence-electron chi connectivity index (χ3n) is 3.17. The van der Waals surface area contributed by atoms with Crippen molar-refractivity contribution in [2.24, 2.45) is 0 Å². The van der Waals surface area contributed by atoms with E-state index in [-0.39, 0.29) is 5.69 Å². The molecule has 1 unspecified atom stereocenters. The van der Waals surface area contributed by atoms with Crippen LogP contribution in [0.4, 0.5) is 0 Å². The number of aromatic nitrogens is 2. The zero-order valence-electron chi connectivity index (χ0n) is 11.1. The van der Waals surface area contributed by atoms with E-state index in [9.17, 15) is 0 Å². The van der Waals surface area contributed by atoms with Gasteiger partial charge in [0.15, 0.2) is 11.4 Å². The Balaban J connectivity index is 2.52. The first-order valence-electron chi connectivity index (χ1n) is 6.05. The highest BCUT2D eigenvalue weighted by molar-refractivity contribution is 5.35. The van der Waals surface area contributed by atoms with Crippen LogP contribution in [-0.2, 0) is 6.54 Å². The lowest BCUT2D eigenvalue weighted by Gasteiger charge is -2.20. The van der Waals surface area contributed by atoms with E-state index in [1.54, 1.807) is 11.6 Å². The number of nitrogens with zero attached hydrogens (tertiary/aromatic N) is 5. The van der Waals surface area contributed by atoms with Crippen LogP contribution in [0.15, 0.2) is 6.33 Å². The molecule has 1 aromatic rings. The van der Waals surface area contributed by atoms with Gasteiger partial charge >= 0.3 is 0 Å². The summed E-state index contributed by atoms with van der Waals surface area (Å²) in [6, 6.07) is 6.12. The summed E-state index contributed by atoms with van der Waals surface area (Å²) >= 11 is 0. The fraction of sp³-hybridized carbons (Fsp3) is 0.538. The molecule has 0 aliphatic carbocycles. The van der Waals surface area contributed by atoms with Crippen LogP contribution in [0.3, 0.4) is 0 Å². The van der Waals surface area contributed by atoms with Crippen LogP contribution in [-0.4, -0.2) is 22.1 Å². The van der Waals surface area contributed by atoms with Gasteiger partial charge in [0.1, 0.15) is 17.7 Å². The normalized spacial score (nSPS) is 13.0. The van der Waals surface area contributed by atoms with Gasteiger partial charge in [0.25, 0.3) is 0 Å². The van der Waals surface area contributed by atoms with Crippen LogP contribution in [0.2, 0.25) is 0 Å². The molecule has 0 saturated carbocycles. The molecule has 19 heavy (non-hydrogen) atoms. The molecule has 1 atom stereocenters. The summed E-state index contributed by atoms with van der Waals surface area (Å²) in [6.45, 7) is 2.49. The fourth-order valence-electron chi connectivity index (χ4n) is 1.75. The monoisotopic (exact) mass is 256 g/mol. The van der Waals surface area contributed by atoms with E-state index in [0.717, 1.165) is 19.3 Å². The third kappa shape index (κ3) is 3.55. The van der Waals surface area contributed by atoms with E-state index in [2.05, 4.69) is 16.4 Å². The van der Waals surface area contributed by atoms with Crippen molar-refractivity contribution in [3.8, 4) is 18.2 Å². The average Bonchev–Trinajstić information content (AvgIpc) is 2.85. The Bertz CT molecular complexity index is 553. The molecule has 6 nitrogen and oxygen atoms in total. The molecular weight excluding hydrogens is 240 g/mol. The molecule has 0 amide bonds. The molecule has 0 spiro atoms. The van der Waals surface area contributed by atoms with E-state index in [4.69, 9.17) is 15.8 Å². The lowest BCUT2D eigenvalue weighted by Crippen LogP contribution is -2.37. The van der Waals surface area contributed by atoms with Gasteiger partial charge in [-0.3, -0.25) is 0 Å². The van der Waals surface area contributed by atoms with Crippen molar-refractivity contribution in [2.75, 3.05) is 7.05 Å². The van der Waals surface area contributed by atoms with E-state index in [0.29, 0.717) is 12.2 Å². The van der Waals surface area contributed by atoms with Gasteiger partial charge in [-0.25, -0.2) is 4.98 Å². The van der Waals surface area contributed by atoms with Crippen molar-refractivity contribution in [3.63, 3.8) is 0 Å². The largest absolute Gasteiger partial charge is 0.321 e. The number of hydrogen-bond donors (Lipinski definition) is 1. The second kappa shape index (κ2) is 6.54. The van der Waals surface area contributed by atoms with E-state index in [1.165, 1.54) is 6.33 Å². The summed E-state index contributed by atoms with van der Waals surface area (Å²) < 4.78 is 1.68. The Morgan fingerprint density at radius 1 is 1.32 bits per heavy atom. The molecular formula is C13H16N6. The predicted molar refractivity (Wildman–Crippen MR) is 68.6 cm³/mol. The Hall–Kier alpha value is -2.36. The van der Waals surface area contributed by atoms with Gasteiger partial charge in [-0.15, -0.1) is 0 Å². The zero-order chi connectivity index (χ0) is 14.3. The second-order valence-electron chi connectivity index (χ2n) is 4.51. The maximum absolute atomic E-state index is 9.01. The van der Waals surface area contributed by atoms with Gasteiger partial charge in [0, 0.05) is 6.54 Å². The van der Waals surface area contributed by atoms with Crippen LogP contribution in [0.5, 0.6) is 0 Å². The molecule has 1 heterocycles. The number of rotatable bonds is 6. The van der Waals surface area contributed by atoms with Crippen molar-refractivity contribution in [2.45, 2.75) is 38.3 Å². The zero-order valence-corrected chi connectivity index (χ0v) is 11.1. The molecule has 0 aliphatic heterocycles. The minimum atomic E-state index is -0.509. The van der Waals surface area contributed by atoms with E-state index in [1.807, 2.05) is 19.1 Å². The summed E-state index contributed by atoms with van der Waals surface area (Å²) in [7, 11) is 1.77. The van der Waals surface area contributed by atoms with Gasteiger partial charge in [-0.05, 0) is 33.2 Å². The van der Waals surface area contributed by atoms with Gasteiger partial charge in [0.2, 0.25) is 0 Å². The van der Waals surface area contributed by atoms with Crippen molar-refractivity contribution >= 4 is 0 Å². The average molecular weight is 256 g/mol. The minimum absolute atomic E-state index is 0.166. The molecule has 0 fully saturated rings. The van der Waals surface area contributed by atoms with Crippen LogP contribution in [0, 0.1) is 34.0 Å². The summed E-state index contributed by atoms with van der Waals surface area (Å²) in [4.78, 5) is 3.88. The molecule has 1 N–H and O–H groups in total. The molecule has 0 radical (unpaired) electrons. The molecule has 98 valence electrons. The lowest BCUT2D eigenvalue weighted by molar-refractivity contribution is 0.424. The SMILES string of the molecule is CNC(C)(C#N)CCCCn1cnc(C#N)c1C#N. The van der Waals surface area contributed by atoms with Crippen LogP contribution >= 0.6 is 0 Å². The van der Waals surface area contributed by atoms with Gasteiger partial charge < -0.3 is 9.88 Å². The number of nitriles is 3. The molecule has 0 bridgehead atoms. The molecule has 1 aromatic heterocycles. The quantitative estimate of drug-likeness (QED) is 0.773. The Morgan fingerprint density at radius 3 is 2.58 bits per heavy atom. The van der Waals surface area contributed by atoms with Crippen LogP contribution < -0.4 is 5.32 Å². The van der Waals surface area contributed by atoms with Gasteiger partial charge in [-0.2, -0.15) is 15.8 Å². The van der Waals surface area contributed by atoms with Crippen molar-refractivity contribution in [1.82, 2.24) is 14.9 Å². The molecule has 0 saturated heterocycles. The molecule has 6 heteroatoms. The highest BCUT2D eigenvalue weighted by Gasteiger charge is 2.20. The van der Waals surface area contributed by atoms with Crippen molar-refractivity contribution < 1.29 is 0 Å². The Morgan fingerprint density at radius 2 is 2.05 bits per heavy atom. The van der Waals surface area contributed by atoms with Crippen molar-refractivity contribution in [1.29, 1.82) is 15.8 Å². The van der Waals surface area contributed by atoms with Crippen molar-refractivity contribution in [3.05, 3.63) is 17.7 Å². The standard InChI is InChI=1S/C13H16N6/c1-13(9-16,17-2)5-3-4-6-19-10-18-11(7-14)12(19)8-15/h10,17H,3-6H2,1-2H3. The topological polar surface area (TPSA) is 101 Å². The van der Waals surface area contributed by atoms with Crippen LogP contribution in [0.1, 0.15) is 37.6 Å².